The van der Waals surface area contributed by atoms with Crippen LogP contribution in [0.3, 0.4) is 0 Å². The summed E-state index contributed by atoms with van der Waals surface area (Å²) < 4.78 is 0. The van der Waals surface area contributed by atoms with Crippen LogP contribution in [0.15, 0.2) is 18.2 Å². The van der Waals surface area contributed by atoms with E-state index >= 15 is 0 Å². The van der Waals surface area contributed by atoms with Crippen molar-refractivity contribution in [1.82, 2.24) is 10.6 Å². The van der Waals surface area contributed by atoms with E-state index in [0.717, 1.165) is 49.6 Å². The number of carbonyl (C=O) groups excluding carboxylic acids is 1. The van der Waals surface area contributed by atoms with E-state index in [9.17, 15) is 4.79 Å². The van der Waals surface area contributed by atoms with Gasteiger partial charge in [-0.25, -0.2) is 0 Å². The van der Waals surface area contributed by atoms with Crippen LogP contribution in [-0.2, 0) is 11.3 Å². The van der Waals surface area contributed by atoms with Crippen molar-refractivity contribution in [2.45, 2.75) is 39.3 Å². The number of nitrogens with zero attached hydrogens (tertiary/aromatic N) is 1. The van der Waals surface area contributed by atoms with Crippen LogP contribution in [0.5, 0.6) is 0 Å². The number of amides is 1. The number of hydrogen-bond donors (Lipinski definition) is 2. The molecule has 2 N–H and O–H groups in total. The highest BCUT2D eigenvalue weighted by atomic mass is 35.5. The Hall–Kier alpha value is -1.26. The van der Waals surface area contributed by atoms with Crippen LogP contribution in [0.1, 0.15) is 32.3 Å². The minimum absolute atomic E-state index is 0.0595. The monoisotopic (exact) mass is 309 g/mol. The molecule has 0 aromatic heterocycles. The highest BCUT2D eigenvalue weighted by Gasteiger charge is 2.20. The lowest BCUT2D eigenvalue weighted by Crippen LogP contribution is -2.44. The highest BCUT2D eigenvalue weighted by molar-refractivity contribution is 6.31. The maximum absolute atomic E-state index is 11.1. The summed E-state index contributed by atoms with van der Waals surface area (Å²) in [7, 11) is 0. The van der Waals surface area contributed by atoms with Gasteiger partial charge in [-0.15, -0.1) is 0 Å². The Morgan fingerprint density at radius 1 is 1.38 bits per heavy atom. The third-order valence-electron chi connectivity index (χ3n) is 3.87. The van der Waals surface area contributed by atoms with E-state index in [2.05, 4.69) is 34.6 Å². The zero-order valence-electron chi connectivity index (χ0n) is 12.8. The summed E-state index contributed by atoms with van der Waals surface area (Å²) in [5, 5.41) is 7.10. The van der Waals surface area contributed by atoms with E-state index < -0.39 is 0 Å². The van der Waals surface area contributed by atoms with Crippen molar-refractivity contribution in [3.8, 4) is 0 Å². The first-order valence-electron chi connectivity index (χ1n) is 7.61. The topological polar surface area (TPSA) is 44.4 Å². The fourth-order valence-corrected chi connectivity index (χ4v) is 2.95. The van der Waals surface area contributed by atoms with Crippen molar-refractivity contribution < 1.29 is 4.79 Å². The largest absolute Gasteiger partial charge is 0.371 e. The average molecular weight is 310 g/mol. The molecule has 0 aliphatic carbocycles. The fourth-order valence-electron chi connectivity index (χ4n) is 2.71. The number of nitrogens with one attached hydrogen (secondary N) is 2. The van der Waals surface area contributed by atoms with Gasteiger partial charge in [0.25, 0.3) is 0 Å². The zero-order chi connectivity index (χ0) is 15.2. The molecule has 5 heteroatoms. The quantitative estimate of drug-likeness (QED) is 0.878. The molecule has 1 aromatic carbocycles. The van der Waals surface area contributed by atoms with Gasteiger partial charge in [0.1, 0.15) is 0 Å². The first kappa shape index (κ1) is 16.1. The van der Waals surface area contributed by atoms with Crippen LogP contribution < -0.4 is 15.5 Å². The molecule has 1 saturated heterocycles. The normalized spacial score (nSPS) is 16.0. The van der Waals surface area contributed by atoms with Gasteiger partial charge in [-0.2, -0.15) is 0 Å². The number of benzene rings is 1. The second kappa shape index (κ2) is 7.66. The van der Waals surface area contributed by atoms with Gasteiger partial charge in [0, 0.05) is 43.3 Å². The van der Waals surface area contributed by atoms with Gasteiger partial charge in [0.2, 0.25) is 5.91 Å². The van der Waals surface area contributed by atoms with E-state index in [1.54, 1.807) is 6.92 Å². The van der Waals surface area contributed by atoms with Crippen molar-refractivity contribution in [3.63, 3.8) is 0 Å². The lowest BCUT2D eigenvalue weighted by molar-refractivity contribution is -0.119. The van der Waals surface area contributed by atoms with Crippen LogP contribution >= 0.6 is 11.6 Å². The number of carbonyl (C=O) groups is 1. The van der Waals surface area contributed by atoms with E-state index in [-0.39, 0.29) is 5.91 Å². The molecule has 0 atom stereocenters. The van der Waals surface area contributed by atoms with Gasteiger partial charge in [-0.3, -0.25) is 4.79 Å². The summed E-state index contributed by atoms with van der Waals surface area (Å²) in [6.07, 6.45) is 1.96. The molecule has 1 aliphatic heterocycles. The Kier molecular flexibility index (Phi) is 5.88. The Balaban J connectivity index is 1.94. The number of piperidine rings is 1. The molecule has 21 heavy (non-hydrogen) atoms. The minimum atomic E-state index is 0.0595. The molecule has 1 aromatic rings. The molecule has 1 heterocycles. The molecule has 1 aliphatic rings. The number of rotatable bonds is 5. The summed E-state index contributed by atoms with van der Waals surface area (Å²) in [5.41, 5.74) is 2.30. The minimum Gasteiger partial charge on any atom is -0.371 e. The van der Waals surface area contributed by atoms with Crippen LogP contribution in [0.2, 0.25) is 5.02 Å². The molecule has 0 unspecified atom stereocenters. The van der Waals surface area contributed by atoms with Gasteiger partial charge >= 0.3 is 0 Å². The molecular formula is C16H24ClN3O. The predicted molar refractivity (Wildman–Crippen MR) is 87.9 cm³/mol. The first-order valence-corrected chi connectivity index (χ1v) is 7.99. The fraction of sp³-hybridized carbons (Fsp3) is 0.562. The smallest absolute Gasteiger partial charge is 0.217 e. The Morgan fingerprint density at radius 2 is 2.10 bits per heavy atom. The molecule has 0 spiro atoms. The van der Waals surface area contributed by atoms with E-state index in [1.807, 2.05) is 6.07 Å². The Labute approximate surface area is 131 Å². The van der Waals surface area contributed by atoms with Crippen molar-refractivity contribution >= 4 is 23.2 Å². The Morgan fingerprint density at radius 3 is 2.67 bits per heavy atom. The molecule has 0 bridgehead atoms. The third kappa shape index (κ3) is 4.61. The summed E-state index contributed by atoms with van der Waals surface area (Å²) in [6, 6.07) is 6.59. The molecule has 1 amide bonds. The maximum Gasteiger partial charge on any atom is 0.217 e. The second-order valence-corrected chi connectivity index (χ2v) is 5.93. The van der Waals surface area contributed by atoms with Gasteiger partial charge < -0.3 is 15.5 Å². The van der Waals surface area contributed by atoms with Gasteiger partial charge in [-0.1, -0.05) is 24.6 Å². The van der Waals surface area contributed by atoms with E-state index in [1.165, 1.54) is 5.69 Å². The summed E-state index contributed by atoms with van der Waals surface area (Å²) >= 11 is 6.36. The lowest BCUT2D eigenvalue weighted by Gasteiger charge is -2.34. The third-order valence-corrected chi connectivity index (χ3v) is 4.22. The number of anilines is 1. The van der Waals surface area contributed by atoms with Crippen molar-refractivity contribution in [2.75, 3.05) is 24.5 Å². The molecule has 0 radical (unpaired) electrons. The molecule has 116 valence electrons. The molecule has 1 fully saturated rings. The standard InChI is InChI=1S/C16H24ClN3O/c1-3-18-11-13-4-5-15(10-16(13)17)20-8-6-14(7-9-20)19-12(2)21/h4-5,10,14,18H,3,6-9,11H2,1-2H3,(H,19,21). The van der Waals surface area contributed by atoms with Crippen LogP contribution in [0, 0.1) is 0 Å². The highest BCUT2D eigenvalue weighted by Crippen LogP contribution is 2.26. The summed E-state index contributed by atoms with van der Waals surface area (Å²) in [6.45, 7) is 7.31. The number of halogens is 1. The van der Waals surface area contributed by atoms with Crippen LogP contribution in [0.4, 0.5) is 5.69 Å². The zero-order valence-corrected chi connectivity index (χ0v) is 13.5. The lowest BCUT2D eigenvalue weighted by atomic mass is 10.0. The summed E-state index contributed by atoms with van der Waals surface area (Å²) in [4.78, 5) is 13.4. The first-order chi connectivity index (χ1) is 10.1. The van der Waals surface area contributed by atoms with Crippen molar-refractivity contribution in [1.29, 1.82) is 0 Å². The van der Waals surface area contributed by atoms with Gasteiger partial charge in [0.15, 0.2) is 0 Å². The SMILES string of the molecule is CCNCc1ccc(N2CCC(NC(C)=O)CC2)cc1Cl. The number of hydrogen-bond acceptors (Lipinski definition) is 3. The van der Waals surface area contributed by atoms with Crippen molar-refractivity contribution in [2.24, 2.45) is 0 Å². The Bertz CT molecular complexity index is 484. The predicted octanol–water partition coefficient (Wildman–Crippen LogP) is 2.55. The average Bonchev–Trinajstić information content (AvgIpc) is 2.46. The molecular weight excluding hydrogens is 286 g/mol. The van der Waals surface area contributed by atoms with Gasteiger partial charge in [0.05, 0.1) is 0 Å². The van der Waals surface area contributed by atoms with Crippen LogP contribution in [-0.4, -0.2) is 31.6 Å². The molecule has 4 nitrogen and oxygen atoms in total. The van der Waals surface area contributed by atoms with Crippen molar-refractivity contribution in [3.05, 3.63) is 28.8 Å². The molecule has 2 rings (SSSR count). The molecule has 0 saturated carbocycles. The van der Waals surface area contributed by atoms with E-state index in [0.29, 0.717) is 6.04 Å². The van der Waals surface area contributed by atoms with Gasteiger partial charge in [-0.05, 0) is 37.1 Å². The second-order valence-electron chi connectivity index (χ2n) is 5.52. The maximum atomic E-state index is 11.1. The summed E-state index contributed by atoms with van der Waals surface area (Å²) in [5.74, 6) is 0.0595. The van der Waals surface area contributed by atoms with Crippen LogP contribution in [0.25, 0.3) is 0 Å². The van der Waals surface area contributed by atoms with E-state index in [4.69, 9.17) is 11.6 Å².